The van der Waals surface area contributed by atoms with Gasteiger partial charge in [0.05, 0.1) is 6.04 Å². The molecular weight excluding hydrogens is 284 g/mol. The molecule has 2 aliphatic rings. The van der Waals surface area contributed by atoms with Gasteiger partial charge in [-0.15, -0.1) is 0 Å². The summed E-state index contributed by atoms with van der Waals surface area (Å²) < 4.78 is 0. The zero-order valence-corrected chi connectivity index (χ0v) is 14.4. The van der Waals surface area contributed by atoms with Crippen molar-refractivity contribution in [3.05, 3.63) is 35.9 Å². The molecule has 1 unspecified atom stereocenters. The average Bonchev–Trinajstić information content (AvgIpc) is 2.63. The Kier molecular flexibility index (Phi) is 5.71. The summed E-state index contributed by atoms with van der Waals surface area (Å²) in [6, 6.07) is 10.9. The van der Waals surface area contributed by atoms with E-state index >= 15 is 0 Å². The molecule has 0 bridgehead atoms. The first-order chi connectivity index (χ1) is 11.3. The van der Waals surface area contributed by atoms with E-state index in [9.17, 15) is 4.79 Å². The molecule has 0 aliphatic carbocycles. The van der Waals surface area contributed by atoms with Gasteiger partial charge in [-0.3, -0.25) is 9.69 Å². The number of hydrogen-bond donors (Lipinski definition) is 0. The smallest absolute Gasteiger partial charge is 0.239 e. The molecule has 1 atom stereocenters. The van der Waals surface area contributed by atoms with Gasteiger partial charge in [0, 0.05) is 13.1 Å². The number of amides is 1. The number of hydrogen-bond acceptors (Lipinski definition) is 2. The fourth-order valence-corrected chi connectivity index (χ4v) is 4.19. The Balaban J connectivity index is 1.57. The normalized spacial score (nSPS) is 23.9. The highest BCUT2D eigenvalue weighted by atomic mass is 16.2. The van der Waals surface area contributed by atoms with Crippen LogP contribution in [0.3, 0.4) is 0 Å². The lowest BCUT2D eigenvalue weighted by Gasteiger charge is -2.40. The molecule has 2 heterocycles. The van der Waals surface area contributed by atoms with Gasteiger partial charge in [0.1, 0.15) is 0 Å². The van der Waals surface area contributed by atoms with Gasteiger partial charge in [0.2, 0.25) is 5.91 Å². The summed E-state index contributed by atoms with van der Waals surface area (Å²) in [4.78, 5) is 17.5. The van der Waals surface area contributed by atoms with E-state index in [-0.39, 0.29) is 6.04 Å². The zero-order chi connectivity index (χ0) is 16.1. The van der Waals surface area contributed by atoms with Gasteiger partial charge in [-0.05, 0) is 56.7 Å². The van der Waals surface area contributed by atoms with E-state index in [0.29, 0.717) is 11.8 Å². The lowest BCUT2D eigenvalue weighted by molar-refractivity contribution is -0.139. The molecular formula is C20H30N2O. The molecule has 3 rings (SSSR count). The molecule has 0 radical (unpaired) electrons. The van der Waals surface area contributed by atoms with Crippen molar-refractivity contribution in [3.8, 4) is 0 Å². The zero-order valence-electron chi connectivity index (χ0n) is 14.4. The average molecular weight is 314 g/mol. The Hall–Kier alpha value is -1.35. The Morgan fingerprint density at radius 2 is 1.78 bits per heavy atom. The summed E-state index contributed by atoms with van der Waals surface area (Å²) in [6.07, 6.45) is 6.86. The van der Waals surface area contributed by atoms with Gasteiger partial charge in [-0.1, -0.05) is 43.7 Å². The lowest BCUT2D eigenvalue weighted by atomic mass is 9.89. The Morgan fingerprint density at radius 1 is 1.04 bits per heavy atom. The van der Waals surface area contributed by atoms with Crippen molar-refractivity contribution in [1.82, 2.24) is 9.80 Å². The summed E-state index contributed by atoms with van der Waals surface area (Å²) in [6.45, 7) is 6.23. The fourth-order valence-electron chi connectivity index (χ4n) is 4.19. The number of benzene rings is 1. The van der Waals surface area contributed by atoms with Crippen LogP contribution in [0.2, 0.25) is 0 Å². The van der Waals surface area contributed by atoms with Gasteiger partial charge in [-0.2, -0.15) is 0 Å². The van der Waals surface area contributed by atoms with E-state index in [4.69, 9.17) is 0 Å². The van der Waals surface area contributed by atoms with Crippen molar-refractivity contribution in [3.63, 3.8) is 0 Å². The van der Waals surface area contributed by atoms with E-state index in [1.165, 1.54) is 18.4 Å². The van der Waals surface area contributed by atoms with E-state index in [1.54, 1.807) is 0 Å². The lowest BCUT2D eigenvalue weighted by Crippen LogP contribution is -2.52. The molecule has 0 aromatic heterocycles. The molecule has 0 spiro atoms. The molecule has 1 amide bonds. The van der Waals surface area contributed by atoms with Crippen LogP contribution in [-0.4, -0.2) is 47.9 Å². The van der Waals surface area contributed by atoms with Gasteiger partial charge in [0.15, 0.2) is 0 Å². The van der Waals surface area contributed by atoms with Crippen molar-refractivity contribution in [2.75, 3.05) is 26.2 Å². The maximum atomic E-state index is 13.0. The molecule has 1 aromatic rings. The molecule has 2 aliphatic heterocycles. The number of nitrogens with zero attached hydrogens (tertiary/aromatic N) is 2. The molecule has 1 aromatic carbocycles. The number of likely N-dealkylation sites (tertiary alicyclic amines) is 2. The molecule has 0 saturated carbocycles. The van der Waals surface area contributed by atoms with Crippen LogP contribution < -0.4 is 0 Å². The molecule has 3 nitrogen and oxygen atoms in total. The second-order valence-corrected chi connectivity index (χ2v) is 7.06. The molecule has 2 saturated heterocycles. The van der Waals surface area contributed by atoms with Crippen LogP contribution in [0, 0.1) is 0 Å². The second kappa shape index (κ2) is 7.96. The Labute approximate surface area is 140 Å². The van der Waals surface area contributed by atoms with E-state index in [1.807, 2.05) is 0 Å². The van der Waals surface area contributed by atoms with Crippen LogP contribution in [0.4, 0.5) is 0 Å². The van der Waals surface area contributed by atoms with E-state index in [0.717, 1.165) is 51.9 Å². The maximum Gasteiger partial charge on any atom is 0.239 e. The van der Waals surface area contributed by atoms with Crippen molar-refractivity contribution in [2.24, 2.45) is 0 Å². The second-order valence-electron chi connectivity index (χ2n) is 7.06. The van der Waals surface area contributed by atoms with Crippen molar-refractivity contribution < 1.29 is 4.79 Å². The van der Waals surface area contributed by atoms with Crippen LogP contribution in [0.5, 0.6) is 0 Å². The van der Waals surface area contributed by atoms with Crippen LogP contribution in [-0.2, 0) is 4.79 Å². The van der Waals surface area contributed by atoms with Crippen molar-refractivity contribution in [1.29, 1.82) is 0 Å². The summed E-state index contributed by atoms with van der Waals surface area (Å²) in [5, 5.41) is 0. The van der Waals surface area contributed by atoms with E-state index < -0.39 is 0 Å². The van der Waals surface area contributed by atoms with Crippen molar-refractivity contribution >= 4 is 5.91 Å². The molecule has 126 valence electrons. The minimum Gasteiger partial charge on any atom is -0.341 e. The monoisotopic (exact) mass is 314 g/mol. The van der Waals surface area contributed by atoms with Gasteiger partial charge >= 0.3 is 0 Å². The first-order valence-electron chi connectivity index (χ1n) is 9.37. The van der Waals surface area contributed by atoms with Crippen molar-refractivity contribution in [2.45, 2.75) is 57.4 Å². The predicted octanol–water partition coefficient (Wildman–Crippen LogP) is 3.66. The van der Waals surface area contributed by atoms with Crippen LogP contribution in [0.1, 0.15) is 56.9 Å². The summed E-state index contributed by atoms with van der Waals surface area (Å²) in [7, 11) is 0. The van der Waals surface area contributed by atoms with Crippen LogP contribution in [0.25, 0.3) is 0 Å². The highest BCUT2D eigenvalue weighted by molar-refractivity contribution is 5.82. The molecule has 0 N–H and O–H groups in total. The SMILES string of the molecule is CCCN1CCCCC1C(=O)N1CCC(c2ccccc2)CC1. The molecule has 2 fully saturated rings. The predicted molar refractivity (Wildman–Crippen MR) is 94.5 cm³/mol. The van der Waals surface area contributed by atoms with Gasteiger partial charge in [-0.25, -0.2) is 0 Å². The summed E-state index contributed by atoms with van der Waals surface area (Å²) in [5.41, 5.74) is 1.44. The number of carbonyl (C=O) groups is 1. The minimum atomic E-state index is 0.150. The van der Waals surface area contributed by atoms with Gasteiger partial charge in [0.25, 0.3) is 0 Å². The number of carbonyl (C=O) groups excluding carboxylic acids is 1. The highest BCUT2D eigenvalue weighted by Crippen LogP contribution is 2.29. The van der Waals surface area contributed by atoms with E-state index in [2.05, 4.69) is 47.1 Å². The van der Waals surface area contributed by atoms with Crippen LogP contribution >= 0.6 is 0 Å². The van der Waals surface area contributed by atoms with Crippen LogP contribution in [0.15, 0.2) is 30.3 Å². The standard InChI is InChI=1S/C20H30N2O/c1-2-13-21-14-7-6-10-19(21)20(23)22-15-11-18(12-16-22)17-8-4-3-5-9-17/h3-5,8-9,18-19H,2,6-7,10-16H2,1H3. The topological polar surface area (TPSA) is 23.6 Å². The third-order valence-corrected chi connectivity index (χ3v) is 5.49. The number of piperidine rings is 2. The fraction of sp³-hybridized carbons (Fsp3) is 0.650. The largest absolute Gasteiger partial charge is 0.341 e. The third-order valence-electron chi connectivity index (χ3n) is 5.49. The molecule has 3 heteroatoms. The van der Waals surface area contributed by atoms with Gasteiger partial charge < -0.3 is 4.90 Å². The third kappa shape index (κ3) is 3.95. The Morgan fingerprint density at radius 3 is 2.48 bits per heavy atom. The summed E-state index contributed by atoms with van der Waals surface area (Å²) in [5.74, 6) is 1.02. The summed E-state index contributed by atoms with van der Waals surface area (Å²) >= 11 is 0. The Bertz CT molecular complexity index is 492. The number of rotatable bonds is 4. The quantitative estimate of drug-likeness (QED) is 0.847. The maximum absolute atomic E-state index is 13.0. The first-order valence-corrected chi connectivity index (χ1v) is 9.37. The molecule has 23 heavy (non-hydrogen) atoms. The highest BCUT2D eigenvalue weighted by Gasteiger charge is 2.33. The first kappa shape index (κ1) is 16.5. The minimum absolute atomic E-state index is 0.150.